The number of quaternary nitrogens is 2. The van der Waals surface area contributed by atoms with E-state index in [1.54, 1.807) is 9.80 Å². The quantitative estimate of drug-likeness (QED) is 0.562. The maximum absolute atomic E-state index is 10.7. The van der Waals surface area contributed by atoms with Crippen LogP contribution in [0.4, 0.5) is 0 Å². The molecule has 19 heavy (non-hydrogen) atoms. The second kappa shape index (κ2) is 3.57. The summed E-state index contributed by atoms with van der Waals surface area (Å²) in [5, 5.41) is 10.7. The van der Waals surface area contributed by atoms with Crippen molar-refractivity contribution in [3.05, 3.63) is 30.1 Å². The zero-order valence-corrected chi connectivity index (χ0v) is 11.7. The van der Waals surface area contributed by atoms with Gasteiger partial charge < -0.3 is 5.11 Å². The number of pyridine rings is 1. The molecule has 0 radical (unpaired) electrons. The monoisotopic (exact) mass is 261 g/mol. The van der Waals surface area contributed by atoms with E-state index >= 15 is 0 Å². The molecule has 4 aliphatic rings. The number of piperidine rings is 2. The molecule has 0 unspecified atom stereocenters. The lowest BCUT2D eigenvalue weighted by Crippen LogP contribution is -3.41. The third-order valence-electron chi connectivity index (χ3n) is 5.68. The molecule has 0 aromatic carbocycles. The number of rotatable bonds is 1. The molecule has 4 heteroatoms. The summed E-state index contributed by atoms with van der Waals surface area (Å²) in [6, 6.07) is 4.25. The van der Waals surface area contributed by atoms with Gasteiger partial charge in [-0.25, -0.2) is 0 Å². The Bertz CT molecular complexity index is 465. The van der Waals surface area contributed by atoms with Gasteiger partial charge in [-0.2, -0.15) is 0 Å². The topological polar surface area (TPSA) is 42.0 Å². The Balaban J connectivity index is 1.74. The van der Waals surface area contributed by atoms with E-state index in [1.165, 1.54) is 5.56 Å². The molecule has 1 aromatic heterocycles. The normalized spacial score (nSPS) is 51.5. The van der Waals surface area contributed by atoms with Crippen molar-refractivity contribution in [1.82, 2.24) is 4.98 Å². The molecule has 0 spiro atoms. The zero-order valence-electron chi connectivity index (χ0n) is 11.7. The van der Waals surface area contributed by atoms with Crippen LogP contribution in [-0.2, 0) is 0 Å². The average Bonchev–Trinajstić information content (AvgIpc) is 2.36. The van der Waals surface area contributed by atoms with Crippen molar-refractivity contribution in [2.45, 2.75) is 26.1 Å². The minimum Gasteiger partial charge on any atom is -0.391 e. The number of nitrogens with zero attached hydrogens (tertiary/aromatic N) is 1. The third-order valence-corrected chi connectivity index (χ3v) is 5.68. The lowest BCUT2D eigenvalue weighted by Gasteiger charge is -2.62. The lowest BCUT2D eigenvalue weighted by atomic mass is 9.60. The molecule has 4 saturated heterocycles. The van der Waals surface area contributed by atoms with Gasteiger partial charge in [0.2, 0.25) is 6.17 Å². The highest BCUT2D eigenvalue weighted by Crippen LogP contribution is 2.39. The minimum absolute atomic E-state index is 0.0919. The van der Waals surface area contributed by atoms with E-state index < -0.39 is 0 Å². The number of aromatic nitrogens is 1. The molecule has 5 heterocycles. The van der Waals surface area contributed by atoms with Gasteiger partial charge >= 0.3 is 0 Å². The largest absolute Gasteiger partial charge is 0.391 e. The average molecular weight is 261 g/mol. The van der Waals surface area contributed by atoms with Crippen LogP contribution in [0.1, 0.15) is 25.6 Å². The summed E-state index contributed by atoms with van der Waals surface area (Å²) in [5.41, 5.74) is 1.54. The molecule has 4 bridgehead atoms. The fourth-order valence-corrected chi connectivity index (χ4v) is 5.27. The molecule has 4 nitrogen and oxygen atoms in total. The summed E-state index contributed by atoms with van der Waals surface area (Å²) in [4.78, 5) is 7.56. The molecule has 5 rings (SSSR count). The molecule has 4 fully saturated rings. The van der Waals surface area contributed by atoms with E-state index in [1.807, 2.05) is 18.5 Å². The first kappa shape index (κ1) is 11.8. The van der Waals surface area contributed by atoms with E-state index in [9.17, 15) is 5.11 Å². The molecule has 0 amide bonds. The summed E-state index contributed by atoms with van der Waals surface area (Å²) < 4.78 is 0. The number of hydrogen-bond acceptors (Lipinski definition) is 2. The van der Waals surface area contributed by atoms with Crippen molar-refractivity contribution >= 4 is 0 Å². The van der Waals surface area contributed by atoms with Crippen molar-refractivity contribution in [3.63, 3.8) is 0 Å². The molecule has 0 aliphatic carbocycles. The second-order valence-electron chi connectivity index (χ2n) is 7.45. The van der Waals surface area contributed by atoms with Crippen LogP contribution in [-0.4, -0.2) is 42.4 Å². The Labute approximate surface area is 114 Å². The highest BCUT2D eigenvalue weighted by Gasteiger charge is 2.67. The maximum atomic E-state index is 10.7. The Morgan fingerprint density at radius 1 is 1.16 bits per heavy atom. The van der Waals surface area contributed by atoms with Crippen LogP contribution in [0.15, 0.2) is 24.5 Å². The van der Waals surface area contributed by atoms with Crippen LogP contribution in [0, 0.1) is 10.8 Å². The number of aliphatic hydroxyl groups is 1. The molecule has 102 valence electrons. The van der Waals surface area contributed by atoms with Gasteiger partial charge in [0.1, 0.15) is 0 Å². The van der Waals surface area contributed by atoms with Gasteiger partial charge in [0.15, 0.2) is 0 Å². The van der Waals surface area contributed by atoms with Gasteiger partial charge in [0.25, 0.3) is 0 Å². The second-order valence-corrected chi connectivity index (χ2v) is 7.45. The van der Waals surface area contributed by atoms with Crippen molar-refractivity contribution in [3.8, 4) is 0 Å². The first-order valence-corrected chi connectivity index (χ1v) is 7.29. The van der Waals surface area contributed by atoms with Crippen LogP contribution in [0.2, 0.25) is 0 Å². The fourth-order valence-electron chi connectivity index (χ4n) is 5.27. The van der Waals surface area contributed by atoms with Crippen molar-refractivity contribution < 1.29 is 14.9 Å². The van der Waals surface area contributed by atoms with Crippen molar-refractivity contribution in [2.75, 3.05) is 26.2 Å². The summed E-state index contributed by atoms with van der Waals surface area (Å²) in [6.45, 7) is 8.90. The standard InChI is InChI=1S/C15H21N3O/c1-14-7-17-9-15(2,13(14)19)10-18(8-14)12(17)11-4-3-5-16-6-11/h3-6,12-13,19H,7-10H2,1-2H3/p+2. The summed E-state index contributed by atoms with van der Waals surface area (Å²) in [7, 11) is 0. The van der Waals surface area contributed by atoms with Crippen molar-refractivity contribution in [1.29, 1.82) is 0 Å². The molecule has 0 atom stereocenters. The molecule has 1 aromatic rings. The molecule has 0 saturated carbocycles. The Morgan fingerprint density at radius 3 is 2.21 bits per heavy atom. The fraction of sp³-hybridized carbons (Fsp3) is 0.667. The lowest BCUT2D eigenvalue weighted by molar-refractivity contribution is -1.19. The molecule has 4 aliphatic heterocycles. The Hall–Kier alpha value is -0.970. The third kappa shape index (κ3) is 1.48. The highest BCUT2D eigenvalue weighted by atomic mass is 16.3. The minimum atomic E-state index is -0.137. The number of hydrogen-bond donors (Lipinski definition) is 3. The molecular formula is C15H23N3O+2. The van der Waals surface area contributed by atoms with E-state index in [-0.39, 0.29) is 16.9 Å². The van der Waals surface area contributed by atoms with Gasteiger partial charge in [-0.05, 0) is 26.0 Å². The van der Waals surface area contributed by atoms with Crippen LogP contribution < -0.4 is 9.80 Å². The van der Waals surface area contributed by atoms with E-state index in [0.717, 1.165) is 26.2 Å². The van der Waals surface area contributed by atoms with Crippen molar-refractivity contribution in [2.24, 2.45) is 10.8 Å². The predicted octanol–water partition coefficient (Wildman–Crippen LogP) is -1.74. The number of aliphatic hydroxyl groups excluding tert-OH is 1. The highest BCUT2D eigenvalue weighted by molar-refractivity contribution is 5.11. The zero-order chi connectivity index (χ0) is 13.3. The van der Waals surface area contributed by atoms with Gasteiger partial charge in [-0.1, -0.05) is 0 Å². The summed E-state index contributed by atoms with van der Waals surface area (Å²) in [5.74, 6) is 0. The first-order valence-electron chi connectivity index (χ1n) is 7.29. The summed E-state index contributed by atoms with van der Waals surface area (Å²) in [6.07, 6.45) is 4.25. The molecule has 3 N–H and O–H groups in total. The van der Waals surface area contributed by atoms with Crippen LogP contribution in [0.25, 0.3) is 0 Å². The van der Waals surface area contributed by atoms with E-state index in [0.29, 0.717) is 6.17 Å². The van der Waals surface area contributed by atoms with Crippen LogP contribution in [0.5, 0.6) is 0 Å². The van der Waals surface area contributed by atoms with Crippen LogP contribution >= 0.6 is 0 Å². The van der Waals surface area contributed by atoms with E-state index in [4.69, 9.17) is 0 Å². The number of nitrogens with one attached hydrogen (secondary N) is 2. The van der Waals surface area contributed by atoms with Gasteiger partial charge in [-0.15, -0.1) is 0 Å². The molecular weight excluding hydrogens is 238 g/mol. The predicted molar refractivity (Wildman–Crippen MR) is 70.6 cm³/mol. The summed E-state index contributed by atoms with van der Waals surface area (Å²) >= 11 is 0. The van der Waals surface area contributed by atoms with Gasteiger partial charge in [0.05, 0.1) is 48.7 Å². The SMILES string of the molecule is CC12C[NH+]3CC(C)(C[NH+](C1)C3c1cccnc1)C2O. The Morgan fingerprint density at radius 2 is 1.74 bits per heavy atom. The van der Waals surface area contributed by atoms with Crippen LogP contribution in [0.3, 0.4) is 0 Å². The first-order chi connectivity index (χ1) is 9.02. The Kier molecular flexibility index (Phi) is 2.22. The van der Waals surface area contributed by atoms with Gasteiger partial charge in [0, 0.05) is 12.4 Å². The van der Waals surface area contributed by atoms with Gasteiger partial charge in [-0.3, -0.25) is 14.8 Å². The maximum Gasteiger partial charge on any atom is 0.241 e. The van der Waals surface area contributed by atoms with E-state index in [2.05, 4.69) is 24.9 Å². The smallest absolute Gasteiger partial charge is 0.241 e.